The van der Waals surface area contributed by atoms with Crippen LogP contribution in [-0.4, -0.2) is 15.6 Å². The molecule has 0 saturated carbocycles. The number of aryl methyl sites for hydroxylation is 2. The topological polar surface area (TPSA) is 48.6 Å². The molecule has 1 aliphatic rings. The standard InChI is InChI=1S/C15H19N3OS/c1-5-6-14-17-18(12(4)20-14)19-15-10(2)7-13(9-16)8-11(15)3/h7-8,12H,5-6H2,1-4H3. The summed E-state index contributed by atoms with van der Waals surface area (Å²) in [4.78, 5) is 5.94. The van der Waals surface area contributed by atoms with Crippen LogP contribution in [0.2, 0.25) is 0 Å². The van der Waals surface area contributed by atoms with Crippen LogP contribution in [0.3, 0.4) is 0 Å². The maximum Gasteiger partial charge on any atom is 0.163 e. The molecular weight excluding hydrogens is 270 g/mol. The molecule has 2 rings (SSSR count). The second-order valence-electron chi connectivity index (χ2n) is 4.91. The first kappa shape index (κ1) is 14.7. The Balaban J connectivity index is 2.21. The molecule has 1 heterocycles. The molecule has 0 aromatic heterocycles. The van der Waals surface area contributed by atoms with E-state index in [-0.39, 0.29) is 5.37 Å². The summed E-state index contributed by atoms with van der Waals surface area (Å²) >= 11 is 1.74. The van der Waals surface area contributed by atoms with E-state index >= 15 is 0 Å². The number of thioether (sulfide) groups is 1. The molecule has 1 unspecified atom stereocenters. The molecule has 1 aromatic rings. The van der Waals surface area contributed by atoms with E-state index in [9.17, 15) is 0 Å². The van der Waals surface area contributed by atoms with Crippen molar-refractivity contribution in [1.82, 2.24) is 5.17 Å². The van der Waals surface area contributed by atoms with Gasteiger partial charge in [-0.2, -0.15) is 5.26 Å². The fourth-order valence-corrected chi connectivity index (χ4v) is 3.15. The van der Waals surface area contributed by atoms with Gasteiger partial charge >= 0.3 is 0 Å². The minimum absolute atomic E-state index is 0.172. The number of hydrogen-bond acceptors (Lipinski definition) is 5. The average Bonchev–Trinajstić information content (AvgIpc) is 2.74. The van der Waals surface area contributed by atoms with Gasteiger partial charge in [0.25, 0.3) is 0 Å². The van der Waals surface area contributed by atoms with Crippen LogP contribution in [0.5, 0.6) is 5.75 Å². The van der Waals surface area contributed by atoms with Gasteiger partial charge in [0.05, 0.1) is 16.7 Å². The van der Waals surface area contributed by atoms with E-state index in [1.807, 2.05) is 26.0 Å². The van der Waals surface area contributed by atoms with Crippen molar-refractivity contribution in [2.75, 3.05) is 0 Å². The summed E-state index contributed by atoms with van der Waals surface area (Å²) in [6.07, 6.45) is 2.07. The number of nitriles is 1. The smallest absolute Gasteiger partial charge is 0.163 e. The molecular formula is C15H19N3OS. The minimum atomic E-state index is 0.172. The molecule has 0 bridgehead atoms. The lowest BCUT2D eigenvalue weighted by Crippen LogP contribution is -2.26. The van der Waals surface area contributed by atoms with Crippen molar-refractivity contribution in [2.24, 2.45) is 5.10 Å². The van der Waals surface area contributed by atoms with E-state index in [4.69, 9.17) is 10.1 Å². The van der Waals surface area contributed by atoms with Gasteiger partial charge in [-0.1, -0.05) is 18.7 Å². The highest BCUT2D eigenvalue weighted by molar-refractivity contribution is 8.14. The number of hydroxylamine groups is 1. The van der Waals surface area contributed by atoms with E-state index in [1.165, 1.54) is 0 Å². The number of nitrogens with zero attached hydrogens (tertiary/aromatic N) is 3. The first-order valence-electron chi connectivity index (χ1n) is 6.77. The summed E-state index contributed by atoms with van der Waals surface area (Å²) in [5.74, 6) is 0.790. The number of benzene rings is 1. The molecule has 0 amide bonds. The van der Waals surface area contributed by atoms with Crippen molar-refractivity contribution in [2.45, 2.75) is 45.9 Å². The fourth-order valence-electron chi connectivity index (χ4n) is 2.13. The normalized spacial score (nSPS) is 17.9. The van der Waals surface area contributed by atoms with E-state index in [0.717, 1.165) is 34.8 Å². The molecule has 1 aliphatic heterocycles. The Morgan fingerprint density at radius 2 is 2.05 bits per heavy atom. The van der Waals surface area contributed by atoms with Gasteiger partial charge in [0.15, 0.2) is 5.75 Å². The van der Waals surface area contributed by atoms with Crippen LogP contribution >= 0.6 is 11.8 Å². The highest BCUT2D eigenvalue weighted by Crippen LogP contribution is 2.32. The van der Waals surface area contributed by atoms with Gasteiger partial charge in [0, 0.05) is 0 Å². The Hall–Kier alpha value is -1.67. The van der Waals surface area contributed by atoms with Crippen LogP contribution in [0.4, 0.5) is 0 Å². The summed E-state index contributed by atoms with van der Waals surface area (Å²) in [5.41, 5.74) is 2.57. The van der Waals surface area contributed by atoms with Crippen molar-refractivity contribution in [3.8, 4) is 11.8 Å². The Morgan fingerprint density at radius 3 is 2.60 bits per heavy atom. The summed E-state index contributed by atoms with van der Waals surface area (Å²) in [6.45, 7) is 8.12. The first-order chi connectivity index (χ1) is 9.55. The Morgan fingerprint density at radius 1 is 1.40 bits per heavy atom. The molecule has 1 atom stereocenters. The summed E-state index contributed by atoms with van der Waals surface area (Å²) < 4.78 is 0. The number of rotatable bonds is 4. The summed E-state index contributed by atoms with van der Waals surface area (Å²) in [7, 11) is 0. The average molecular weight is 289 g/mol. The molecule has 1 aromatic carbocycles. The van der Waals surface area contributed by atoms with E-state index in [2.05, 4.69) is 25.0 Å². The zero-order chi connectivity index (χ0) is 14.7. The van der Waals surface area contributed by atoms with Gasteiger partial charge in [-0.15, -0.1) is 10.3 Å². The second-order valence-corrected chi connectivity index (χ2v) is 6.29. The van der Waals surface area contributed by atoms with Gasteiger partial charge in [-0.05, 0) is 56.9 Å². The summed E-state index contributed by atoms with van der Waals surface area (Å²) in [5, 5.41) is 16.4. The van der Waals surface area contributed by atoms with Crippen molar-refractivity contribution < 1.29 is 4.84 Å². The Bertz CT molecular complexity index is 554. The zero-order valence-electron chi connectivity index (χ0n) is 12.3. The SMILES string of the molecule is CCCC1=NN(Oc2c(C)cc(C#N)cc2C)C(C)S1. The Labute approximate surface area is 124 Å². The predicted octanol–water partition coefficient (Wildman–Crippen LogP) is 3.98. The van der Waals surface area contributed by atoms with Crippen LogP contribution in [0.15, 0.2) is 17.2 Å². The molecule has 0 spiro atoms. The molecule has 0 aliphatic carbocycles. The quantitative estimate of drug-likeness (QED) is 0.841. The number of hydrazone groups is 1. The van der Waals surface area contributed by atoms with Crippen molar-refractivity contribution >= 4 is 16.8 Å². The van der Waals surface area contributed by atoms with Gasteiger partial charge < -0.3 is 4.84 Å². The molecule has 5 heteroatoms. The molecule has 0 N–H and O–H groups in total. The van der Waals surface area contributed by atoms with Crippen LogP contribution < -0.4 is 4.84 Å². The second kappa shape index (κ2) is 6.19. The third kappa shape index (κ3) is 3.07. The molecule has 0 radical (unpaired) electrons. The van der Waals surface area contributed by atoms with Gasteiger partial charge in [-0.25, -0.2) is 0 Å². The van der Waals surface area contributed by atoms with Crippen molar-refractivity contribution in [1.29, 1.82) is 5.26 Å². The molecule has 0 fully saturated rings. The fraction of sp³-hybridized carbons (Fsp3) is 0.467. The maximum atomic E-state index is 8.97. The lowest BCUT2D eigenvalue weighted by atomic mass is 10.1. The molecule has 0 saturated heterocycles. The van der Waals surface area contributed by atoms with Crippen molar-refractivity contribution in [3.63, 3.8) is 0 Å². The van der Waals surface area contributed by atoms with Crippen LogP contribution in [0, 0.1) is 25.2 Å². The monoisotopic (exact) mass is 289 g/mol. The first-order valence-corrected chi connectivity index (χ1v) is 7.65. The minimum Gasteiger partial charge on any atom is -0.361 e. The van der Waals surface area contributed by atoms with E-state index in [1.54, 1.807) is 16.9 Å². The van der Waals surface area contributed by atoms with Crippen LogP contribution in [0.25, 0.3) is 0 Å². The lowest BCUT2D eigenvalue weighted by molar-refractivity contribution is -0.0609. The highest BCUT2D eigenvalue weighted by Gasteiger charge is 2.25. The van der Waals surface area contributed by atoms with Crippen LogP contribution in [-0.2, 0) is 0 Å². The van der Waals surface area contributed by atoms with Gasteiger partial charge in [0.2, 0.25) is 0 Å². The van der Waals surface area contributed by atoms with Gasteiger partial charge in [0.1, 0.15) is 5.37 Å². The van der Waals surface area contributed by atoms with E-state index < -0.39 is 0 Å². The van der Waals surface area contributed by atoms with E-state index in [0.29, 0.717) is 5.56 Å². The molecule has 106 valence electrons. The third-order valence-electron chi connectivity index (χ3n) is 3.07. The Kier molecular flexibility index (Phi) is 4.56. The van der Waals surface area contributed by atoms with Crippen molar-refractivity contribution in [3.05, 3.63) is 28.8 Å². The predicted molar refractivity (Wildman–Crippen MR) is 82.5 cm³/mol. The highest BCUT2D eigenvalue weighted by atomic mass is 32.2. The summed E-state index contributed by atoms with van der Waals surface area (Å²) in [6, 6.07) is 5.84. The zero-order valence-corrected chi connectivity index (χ0v) is 13.1. The van der Waals surface area contributed by atoms with Gasteiger partial charge in [-0.3, -0.25) is 0 Å². The molecule has 4 nitrogen and oxygen atoms in total. The molecule has 20 heavy (non-hydrogen) atoms. The van der Waals surface area contributed by atoms with Crippen LogP contribution in [0.1, 0.15) is 43.4 Å². The maximum absolute atomic E-state index is 8.97. The largest absolute Gasteiger partial charge is 0.361 e. The third-order valence-corrected chi connectivity index (χ3v) is 4.15. The lowest BCUT2D eigenvalue weighted by Gasteiger charge is -2.21. The number of hydrogen-bond donors (Lipinski definition) is 0.